The molecule has 0 aromatic heterocycles. The Labute approximate surface area is 144 Å². The number of halogens is 1. The zero-order chi connectivity index (χ0) is 16.4. The van der Waals surface area contributed by atoms with Crippen LogP contribution in [0, 0.1) is 0 Å². The van der Waals surface area contributed by atoms with E-state index < -0.39 is 0 Å². The van der Waals surface area contributed by atoms with Crippen molar-refractivity contribution >= 4 is 0 Å². The average Bonchev–Trinajstić information content (AvgIpc) is 2.63. The lowest BCUT2D eigenvalue weighted by molar-refractivity contribution is 0.107. The van der Waals surface area contributed by atoms with E-state index in [2.05, 4.69) is 40.1 Å². The van der Waals surface area contributed by atoms with Gasteiger partial charge < -0.3 is 0 Å². The van der Waals surface area contributed by atoms with Gasteiger partial charge in [-0.15, -0.1) is 0 Å². The normalized spacial score (nSPS) is 24.0. The van der Waals surface area contributed by atoms with Crippen molar-refractivity contribution in [2.45, 2.75) is 44.7 Å². The van der Waals surface area contributed by atoms with E-state index in [0.29, 0.717) is 6.04 Å². The molecule has 3 aliphatic rings. The summed E-state index contributed by atoms with van der Waals surface area (Å²) in [4.78, 5) is 5.20. The molecule has 0 spiro atoms. The van der Waals surface area contributed by atoms with Gasteiger partial charge in [0, 0.05) is 25.7 Å². The van der Waals surface area contributed by atoms with Crippen molar-refractivity contribution in [3.05, 3.63) is 58.9 Å². The van der Waals surface area contributed by atoms with Gasteiger partial charge in [0.2, 0.25) is 0 Å². The number of allylic oxidation sites excluding steroid dienone is 2. The highest BCUT2D eigenvalue weighted by molar-refractivity contribution is 5.36. The molecule has 1 aromatic carbocycles. The topological polar surface area (TPSA) is 6.48 Å². The summed E-state index contributed by atoms with van der Waals surface area (Å²) in [6, 6.07) is 11.4. The molecule has 2 heterocycles. The average molecular weight is 326 g/mol. The van der Waals surface area contributed by atoms with Crippen LogP contribution in [0.15, 0.2) is 53.4 Å². The lowest BCUT2D eigenvalue weighted by atomic mass is 9.89. The monoisotopic (exact) mass is 326 g/mol. The van der Waals surface area contributed by atoms with Gasteiger partial charge in [0.15, 0.2) is 0 Å². The first-order valence-corrected chi connectivity index (χ1v) is 9.37. The molecule has 0 bridgehead atoms. The van der Waals surface area contributed by atoms with Crippen LogP contribution in [-0.4, -0.2) is 42.0 Å². The predicted octanol–water partition coefficient (Wildman–Crippen LogP) is 4.30. The molecule has 0 N–H and O–H groups in total. The summed E-state index contributed by atoms with van der Waals surface area (Å²) < 4.78 is 13.9. The molecule has 1 aromatic rings. The van der Waals surface area contributed by atoms with Crippen LogP contribution in [0.25, 0.3) is 0 Å². The molecule has 24 heavy (non-hydrogen) atoms. The number of piperidine rings is 1. The fourth-order valence-electron chi connectivity index (χ4n) is 4.46. The maximum atomic E-state index is 13.9. The van der Waals surface area contributed by atoms with Gasteiger partial charge in [0.1, 0.15) is 5.83 Å². The second-order valence-electron chi connectivity index (χ2n) is 7.39. The standard InChI is InChI=1S/C21H27FN2/c22-21-8-4-7-18-16-24(14-11-20(18)21)19-9-12-23(13-10-19)15-17-5-2-1-3-6-17/h1-3,5-6,8,19H,4,7,9-16H2. The smallest absolute Gasteiger partial charge is 0.122 e. The van der Waals surface area contributed by atoms with Crippen LogP contribution in [0.1, 0.15) is 37.7 Å². The van der Waals surface area contributed by atoms with Crippen LogP contribution in [-0.2, 0) is 6.54 Å². The third-order valence-electron chi connectivity index (χ3n) is 5.85. The van der Waals surface area contributed by atoms with Gasteiger partial charge in [-0.2, -0.15) is 0 Å². The lowest BCUT2D eigenvalue weighted by Gasteiger charge is -2.41. The molecule has 0 atom stereocenters. The highest BCUT2D eigenvalue weighted by Gasteiger charge is 2.29. The molecule has 2 nitrogen and oxygen atoms in total. The van der Waals surface area contributed by atoms with Crippen LogP contribution in [0.2, 0.25) is 0 Å². The maximum Gasteiger partial charge on any atom is 0.122 e. The SMILES string of the molecule is FC1=CCCC2=C1CCN(C1CCN(Cc3ccccc3)CC1)C2. The Balaban J connectivity index is 1.31. The number of rotatable bonds is 3. The van der Waals surface area contributed by atoms with Crippen LogP contribution in [0.5, 0.6) is 0 Å². The Hall–Kier alpha value is -1.45. The Bertz CT molecular complexity index is 626. The summed E-state index contributed by atoms with van der Waals surface area (Å²) in [5.41, 5.74) is 3.81. The van der Waals surface area contributed by atoms with E-state index in [1.54, 1.807) is 6.08 Å². The Morgan fingerprint density at radius 3 is 2.58 bits per heavy atom. The highest BCUT2D eigenvalue weighted by Crippen LogP contribution is 2.34. The van der Waals surface area contributed by atoms with Gasteiger partial charge in [-0.25, -0.2) is 4.39 Å². The number of benzene rings is 1. The van der Waals surface area contributed by atoms with E-state index in [9.17, 15) is 4.39 Å². The highest BCUT2D eigenvalue weighted by atomic mass is 19.1. The van der Waals surface area contributed by atoms with Crippen LogP contribution in [0.3, 0.4) is 0 Å². The van der Waals surface area contributed by atoms with Crippen LogP contribution < -0.4 is 0 Å². The molecular weight excluding hydrogens is 299 g/mol. The summed E-state index contributed by atoms with van der Waals surface area (Å²) in [5.74, 6) is 0.0635. The molecule has 4 rings (SSSR count). The lowest BCUT2D eigenvalue weighted by Crippen LogP contribution is -2.47. The van der Waals surface area contributed by atoms with Gasteiger partial charge in [-0.3, -0.25) is 9.80 Å². The van der Waals surface area contributed by atoms with E-state index in [1.165, 1.54) is 37.1 Å². The Morgan fingerprint density at radius 2 is 1.79 bits per heavy atom. The first kappa shape index (κ1) is 16.0. The van der Waals surface area contributed by atoms with Crippen molar-refractivity contribution in [1.82, 2.24) is 9.80 Å². The van der Waals surface area contributed by atoms with Crippen LogP contribution in [0.4, 0.5) is 4.39 Å². The maximum absolute atomic E-state index is 13.9. The molecule has 0 saturated carbocycles. The minimum Gasteiger partial charge on any atom is -0.299 e. The summed E-state index contributed by atoms with van der Waals surface area (Å²) >= 11 is 0. The first-order chi connectivity index (χ1) is 11.8. The van der Waals surface area contributed by atoms with E-state index in [-0.39, 0.29) is 5.83 Å². The van der Waals surface area contributed by atoms with Gasteiger partial charge in [0.25, 0.3) is 0 Å². The second-order valence-corrected chi connectivity index (χ2v) is 7.39. The molecular formula is C21H27FN2. The summed E-state index contributed by atoms with van der Waals surface area (Å²) in [7, 11) is 0. The summed E-state index contributed by atoms with van der Waals surface area (Å²) in [6.07, 6.45) is 7.11. The van der Waals surface area contributed by atoms with Gasteiger partial charge in [-0.1, -0.05) is 30.3 Å². The number of nitrogens with zero attached hydrogens (tertiary/aromatic N) is 2. The summed E-state index contributed by atoms with van der Waals surface area (Å²) in [6.45, 7) is 5.45. The molecule has 0 unspecified atom stereocenters. The van der Waals surface area contributed by atoms with Gasteiger partial charge >= 0.3 is 0 Å². The molecule has 1 fully saturated rings. The molecule has 3 heteroatoms. The van der Waals surface area contributed by atoms with E-state index in [1.807, 2.05) is 0 Å². The zero-order valence-corrected chi connectivity index (χ0v) is 14.4. The summed E-state index contributed by atoms with van der Waals surface area (Å²) in [5, 5.41) is 0. The molecule has 1 saturated heterocycles. The van der Waals surface area contributed by atoms with Gasteiger partial charge in [-0.05, 0) is 68.0 Å². The van der Waals surface area contributed by atoms with Crippen molar-refractivity contribution in [1.29, 1.82) is 0 Å². The number of hydrogen-bond acceptors (Lipinski definition) is 2. The fourth-order valence-corrected chi connectivity index (χ4v) is 4.46. The zero-order valence-electron chi connectivity index (χ0n) is 14.4. The van der Waals surface area contributed by atoms with Crippen molar-refractivity contribution in [2.24, 2.45) is 0 Å². The van der Waals surface area contributed by atoms with E-state index >= 15 is 0 Å². The minimum atomic E-state index is 0.0635. The van der Waals surface area contributed by atoms with E-state index in [4.69, 9.17) is 0 Å². The predicted molar refractivity (Wildman–Crippen MR) is 96.4 cm³/mol. The Morgan fingerprint density at radius 1 is 1.00 bits per heavy atom. The third kappa shape index (κ3) is 3.47. The van der Waals surface area contributed by atoms with Crippen molar-refractivity contribution in [2.75, 3.05) is 26.2 Å². The molecule has 1 aliphatic carbocycles. The fraction of sp³-hybridized carbons (Fsp3) is 0.524. The molecule has 128 valence electrons. The van der Waals surface area contributed by atoms with Crippen molar-refractivity contribution in [3.8, 4) is 0 Å². The third-order valence-corrected chi connectivity index (χ3v) is 5.85. The first-order valence-electron chi connectivity index (χ1n) is 9.37. The minimum absolute atomic E-state index is 0.0635. The van der Waals surface area contributed by atoms with Gasteiger partial charge in [0.05, 0.1) is 0 Å². The van der Waals surface area contributed by atoms with Crippen molar-refractivity contribution in [3.63, 3.8) is 0 Å². The number of likely N-dealkylation sites (tertiary alicyclic amines) is 1. The van der Waals surface area contributed by atoms with Crippen LogP contribution >= 0.6 is 0 Å². The van der Waals surface area contributed by atoms with Crippen molar-refractivity contribution < 1.29 is 4.39 Å². The molecule has 0 radical (unpaired) electrons. The quantitative estimate of drug-likeness (QED) is 0.817. The largest absolute Gasteiger partial charge is 0.299 e. The number of hydrogen-bond donors (Lipinski definition) is 0. The second kappa shape index (κ2) is 7.20. The molecule has 2 aliphatic heterocycles. The molecule has 0 amide bonds. The van der Waals surface area contributed by atoms with E-state index in [0.717, 1.165) is 44.5 Å². The Kier molecular flexibility index (Phi) is 4.81.